The van der Waals surface area contributed by atoms with E-state index in [1.54, 1.807) is 0 Å². The third kappa shape index (κ3) is 29.8. The topological polar surface area (TPSA) is 189 Å². The van der Waals surface area contributed by atoms with Gasteiger partial charge in [0, 0.05) is 0 Å². The number of amides is 1. The zero-order valence-corrected chi connectivity index (χ0v) is 39.2. The SMILES string of the molecule is CCCCCCCCCC/C=C\CCCCCCCCC(O)C(=O)NC(COC1OC(CO)C(O)C(O)C1O)C(O)C(O)CCCCCCCCCCCCCCCCCC. The van der Waals surface area contributed by atoms with Crippen LogP contribution in [0.5, 0.6) is 0 Å². The van der Waals surface area contributed by atoms with Crippen molar-refractivity contribution in [3.05, 3.63) is 12.2 Å². The maximum Gasteiger partial charge on any atom is 0.249 e. The largest absolute Gasteiger partial charge is 0.394 e. The number of ether oxygens (including phenoxy) is 2. The first-order valence-corrected chi connectivity index (χ1v) is 25.6. The van der Waals surface area contributed by atoms with Crippen LogP contribution in [0.2, 0.25) is 0 Å². The molecule has 0 radical (unpaired) electrons. The molecule has 1 rings (SSSR count). The van der Waals surface area contributed by atoms with Crippen LogP contribution in [0.4, 0.5) is 0 Å². The fourth-order valence-electron chi connectivity index (χ4n) is 8.32. The molecule has 61 heavy (non-hydrogen) atoms. The molecule has 0 aromatic heterocycles. The molecule has 0 bridgehead atoms. The molecule has 11 heteroatoms. The van der Waals surface area contributed by atoms with Gasteiger partial charge in [-0.3, -0.25) is 4.79 Å². The van der Waals surface area contributed by atoms with Crippen molar-refractivity contribution in [2.75, 3.05) is 13.2 Å². The summed E-state index contributed by atoms with van der Waals surface area (Å²) >= 11 is 0. The number of hydrogen-bond donors (Lipinski definition) is 8. The second kappa shape index (κ2) is 40.4. The minimum atomic E-state index is -1.66. The Labute approximate surface area is 372 Å². The normalized spacial score (nSPS) is 21.5. The first-order chi connectivity index (χ1) is 29.7. The maximum atomic E-state index is 13.1. The fourth-order valence-corrected chi connectivity index (χ4v) is 8.32. The van der Waals surface area contributed by atoms with Crippen LogP contribution >= 0.6 is 0 Å². The van der Waals surface area contributed by atoms with Gasteiger partial charge >= 0.3 is 0 Å². The molecule has 0 saturated carbocycles. The van der Waals surface area contributed by atoms with Gasteiger partial charge in [-0.25, -0.2) is 0 Å². The van der Waals surface area contributed by atoms with E-state index in [-0.39, 0.29) is 6.42 Å². The van der Waals surface area contributed by atoms with Gasteiger partial charge in [0.05, 0.1) is 25.4 Å². The van der Waals surface area contributed by atoms with E-state index in [2.05, 4.69) is 31.3 Å². The molecule has 1 fully saturated rings. The lowest BCUT2D eigenvalue weighted by atomic mass is 9.98. The highest BCUT2D eigenvalue weighted by Gasteiger charge is 2.44. The van der Waals surface area contributed by atoms with Crippen LogP contribution in [0.3, 0.4) is 0 Å². The number of allylic oxidation sites excluding steroid dienone is 2. The summed E-state index contributed by atoms with van der Waals surface area (Å²) in [5.74, 6) is -0.699. The summed E-state index contributed by atoms with van der Waals surface area (Å²) in [5, 5.41) is 75.9. The van der Waals surface area contributed by atoms with Crippen molar-refractivity contribution in [1.82, 2.24) is 5.32 Å². The van der Waals surface area contributed by atoms with Crippen molar-refractivity contribution >= 4 is 5.91 Å². The molecule has 9 atom stereocenters. The van der Waals surface area contributed by atoms with Gasteiger partial charge < -0.3 is 50.5 Å². The standard InChI is InChI=1S/C50H97NO10/c1-3-5-7-9-11-13-15-17-19-21-22-24-26-28-30-32-34-36-38-43(54)49(59)51-41(40-60-50-48(58)47(57)46(56)44(39-52)61-50)45(55)42(53)37-35-33-31-29-27-25-23-20-18-16-14-12-10-8-6-4-2/h21-22,41-48,50,52-58H,3-20,23-40H2,1-2H3,(H,51,59)/b22-21-. The molecule has 362 valence electrons. The predicted octanol–water partition coefficient (Wildman–Crippen LogP) is 9.23. The Hall–Kier alpha value is -1.15. The van der Waals surface area contributed by atoms with Crippen LogP contribution in [-0.4, -0.2) is 110 Å². The number of rotatable bonds is 43. The summed E-state index contributed by atoms with van der Waals surface area (Å²) in [6, 6.07) is -1.17. The maximum absolute atomic E-state index is 13.1. The molecule has 1 heterocycles. The summed E-state index contributed by atoms with van der Waals surface area (Å²) < 4.78 is 11.1. The molecule has 8 N–H and O–H groups in total. The average molecular weight is 872 g/mol. The number of nitrogens with one attached hydrogen (secondary N) is 1. The Balaban J connectivity index is 2.40. The number of carbonyl (C=O) groups excluding carboxylic acids is 1. The number of carbonyl (C=O) groups is 1. The van der Waals surface area contributed by atoms with Crippen LogP contribution in [-0.2, 0) is 14.3 Å². The van der Waals surface area contributed by atoms with Gasteiger partial charge in [0.1, 0.15) is 36.6 Å². The average Bonchev–Trinajstić information content (AvgIpc) is 3.26. The van der Waals surface area contributed by atoms with E-state index in [1.165, 1.54) is 141 Å². The molecule has 9 unspecified atom stereocenters. The Bertz CT molecular complexity index is 1000. The van der Waals surface area contributed by atoms with Crippen molar-refractivity contribution in [1.29, 1.82) is 0 Å². The zero-order valence-electron chi connectivity index (χ0n) is 39.2. The van der Waals surface area contributed by atoms with Gasteiger partial charge in [0.15, 0.2) is 6.29 Å². The molecule has 1 saturated heterocycles. The van der Waals surface area contributed by atoms with Gasteiger partial charge in [-0.2, -0.15) is 0 Å². The molecular weight excluding hydrogens is 775 g/mol. The zero-order chi connectivity index (χ0) is 44.8. The lowest BCUT2D eigenvalue weighted by Crippen LogP contribution is -2.60. The Morgan fingerprint density at radius 1 is 0.557 bits per heavy atom. The van der Waals surface area contributed by atoms with Crippen molar-refractivity contribution in [3.8, 4) is 0 Å². The van der Waals surface area contributed by atoms with Crippen molar-refractivity contribution < 1.29 is 50.0 Å². The first kappa shape index (κ1) is 57.9. The second-order valence-electron chi connectivity index (χ2n) is 18.2. The molecular formula is C50H97NO10. The molecule has 1 aliphatic rings. The summed E-state index contributed by atoms with van der Waals surface area (Å²) in [6.07, 6.45) is 32.5. The molecule has 1 aliphatic heterocycles. The van der Waals surface area contributed by atoms with Crippen molar-refractivity contribution in [3.63, 3.8) is 0 Å². The molecule has 1 amide bonds. The van der Waals surface area contributed by atoms with Crippen molar-refractivity contribution in [2.24, 2.45) is 0 Å². The van der Waals surface area contributed by atoms with Gasteiger partial charge in [-0.15, -0.1) is 0 Å². The van der Waals surface area contributed by atoms with E-state index in [9.17, 15) is 40.5 Å². The van der Waals surface area contributed by atoms with Gasteiger partial charge in [0.2, 0.25) is 5.91 Å². The second-order valence-corrected chi connectivity index (χ2v) is 18.2. The Morgan fingerprint density at radius 2 is 0.951 bits per heavy atom. The Morgan fingerprint density at radius 3 is 1.38 bits per heavy atom. The molecule has 0 spiro atoms. The first-order valence-electron chi connectivity index (χ1n) is 25.6. The number of unbranched alkanes of at least 4 members (excludes halogenated alkanes) is 29. The third-order valence-electron chi connectivity index (χ3n) is 12.6. The summed E-state index contributed by atoms with van der Waals surface area (Å²) in [4.78, 5) is 13.1. The van der Waals surface area contributed by atoms with Crippen LogP contribution in [0.15, 0.2) is 12.2 Å². The van der Waals surface area contributed by atoms with Crippen LogP contribution in [0.25, 0.3) is 0 Å². The van der Waals surface area contributed by atoms with Crippen LogP contribution in [0.1, 0.15) is 232 Å². The minimum Gasteiger partial charge on any atom is -0.394 e. The van der Waals surface area contributed by atoms with E-state index in [4.69, 9.17) is 9.47 Å². The number of hydrogen-bond acceptors (Lipinski definition) is 10. The highest BCUT2D eigenvalue weighted by molar-refractivity contribution is 5.80. The minimum absolute atomic E-state index is 0.255. The smallest absolute Gasteiger partial charge is 0.249 e. The van der Waals surface area contributed by atoms with Crippen LogP contribution in [0, 0.1) is 0 Å². The van der Waals surface area contributed by atoms with Gasteiger partial charge in [0.25, 0.3) is 0 Å². The number of aliphatic hydroxyl groups is 7. The van der Waals surface area contributed by atoms with Gasteiger partial charge in [-0.1, -0.05) is 206 Å². The molecule has 0 aliphatic carbocycles. The highest BCUT2D eigenvalue weighted by atomic mass is 16.7. The monoisotopic (exact) mass is 872 g/mol. The predicted molar refractivity (Wildman–Crippen MR) is 247 cm³/mol. The molecule has 0 aromatic carbocycles. The third-order valence-corrected chi connectivity index (χ3v) is 12.6. The summed E-state index contributed by atoms with van der Waals surface area (Å²) in [6.45, 7) is 3.46. The lowest BCUT2D eigenvalue weighted by molar-refractivity contribution is -0.303. The molecule has 0 aromatic rings. The van der Waals surface area contributed by atoms with Crippen LogP contribution < -0.4 is 5.32 Å². The highest BCUT2D eigenvalue weighted by Crippen LogP contribution is 2.23. The van der Waals surface area contributed by atoms with E-state index in [0.717, 1.165) is 51.4 Å². The molecule has 11 nitrogen and oxygen atoms in total. The van der Waals surface area contributed by atoms with E-state index < -0.39 is 74.2 Å². The summed E-state index contributed by atoms with van der Waals surface area (Å²) in [7, 11) is 0. The van der Waals surface area contributed by atoms with Gasteiger partial charge in [-0.05, 0) is 38.5 Å². The lowest BCUT2D eigenvalue weighted by Gasteiger charge is -2.40. The summed E-state index contributed by atoms with van der Waals surface area (Å²) in [5.41, 5.74) is 0. The quantitative estimate of drug-likeness (QED) is 0.0217. The fraction of sp³-hybridized carbons (Fsp3) is 0.940. The van der Waals surface area contributed by atoms with Crippen molar-refractivity contribution in [2.45, 2.75) is 287 Å². The van der Waals surface area contributed by atoms with E-state index in [0.29, 0.717) is 19.3 Å². The van der Waals surface area contributed by atoms with E-state index >= 15 is 0 Å². The number of aliphatic hydroxyl groups excluding tert-OH is 7. The van der Waals surface area contributed by atoms with E-state index in [1.807, 2.05) is 0 Å². The Kier molecular flexibility index (Phi) is 38.3.